The van der Waals surface area contributed by atoms with Crippen LogP contribution < -0.4 is 4.74 Å². The lowest BCUT2D eigenvalue weighted by Crippen LogP contribution is -2.19. The average molecular weight is 330 g/mol. The molecule has 0 saturated heterocycles. The Morgan fingerprint density at radius 1 is 1.21 bits per heavy atom. The van der Waals surface area contributed by atoms with Crippen LogP contribution in [-0.2, 0) is 16.1 Å². The SMILES string of the molecule is COCc1cc(OC(=O)CC(C)(C)C)n(-c2ccc(C)cc2C)n1. The first kappa shape index (κ1) is 18.2. The normalized spacial score (nSPS) is 11.6. The topological polar surface area (TPSA) is 53.4 Å². The summed E-state index contributed by atoms with van der Waals surface area (Å²) in [6.45, 7) is 10.4. The van der Waals surface area contributed by atoms with Gasteiger partial charge in [0.05, 0.1) is 24.4 Å². The summed E-state index contributed by atoms with van der Waals surface area (Å²) >= 11 is 0. The molecule has 130 valence electrons. The van der Waals surface area contributed by atoms with Crippen LogP contribution in [0, 0.1) is 19.3 Å². The number of ether oxygens (including phenoxy) is 2. The Morgan fingerprint density at radius 3 is 2.50 bits per heavy atom. The van der Waals surface area contributed by atoms with E-state index in [0.717, 1.165) is 16.9 Å². The fraction of sp³-hybridized carbons (Fsp3) is 0.474. The molecule has 0 aliphatic rings. The average Bonchev–Trinajstić information content (AvgIpc) is 2.79. The highest BCUT2D eigenvalue weighted by atomic mass is 16.5. The molecule has 0 fully saturated rings. The Hall–Kier alpha value is -2.14. The molecule has 0 amide bonds. The van der Waals surface area contributed by atoms with Gasteiger partial charge in [0.15, 0.2) is 0 Å². The lowest BCUT2D eigenvalue weighted by Gasteiger charge is -2.17. The van der Waals surface area contributed by atoms with Gasteiger partial charge >= 0.3 is 5.97 Å². The molecule has 0 aliphatic carbocycles. The number of methoxy groups -OCH3 is 1. The number of carbonyl (C=O) groups is 1. The smallest absolute Gasteiger partial charge is 0.313 e. The fourth-order valence-corrected chi connectivity index (χ4v) is 2.50. The molecular weight excluding hydrogens is 304 g/mol. The predicted octanol–water partition coefficient (Wildman–Crippen LogP) is 3.98. The highest BCUT2D eigenvalue weighted by molar-refractivity contribution is 5.72. The second-order valence-corrected chi connectivity index (χ2v) is 7.32. The van der Waals surface area contributed by atoms with Crippen LogP contribution in [0.2, 0.25) is 0 Å². The summed E-state index contributed by atoms with van der Waals surface area (Å²) in [6.07, 6.45) is 0.338. The number of nitrogens with zero attached hydrogens (tertiary/aromatic N) is 2. The van der Waals surface area contributed by atoms with Crippen molar-refractivity contribution in [2.45, 2.75) is 47.6 Å². The van der Waals surface area contributed by atoms with Gasteiger partial charge in [-0.15, -0.1) is 0 Å². The molecular formula is C19H26N2O3. The lowest BCUT2D eigenvalue weighted by molar-refractivity contribution is -0.136. The molecule has 1 aromatic carbocycles. The minimum absolute atomic E-state index is 0.128. The third-order valence-electron chi connectivity index (χ3n) is 3.49. The molecule has 0 bridgehead atoms. The van der Waals surface area contributed by atoms with E-state index in [1.54, 1.807) is 17.9 Å². The molecule has 2 rings (SSSR count). The highest BCUT2D eigenvalue weighted by Gasteiger charge is 2.21. The Balaban J connectivity index is 2.37. The molecule has 2 aromatic rings. The zero-order valence-electron chi connectivity index (χ0n) is 15.3. The van der Waals surface area contributed by atoms with E-state index in [-0.39, 0.29) is 11.4 Å². The molecule has 5 nitrogen and oxygen atoms in total. The van der Waals surface area contributed by atoms with Crippen molar-refractivity contribution >= 4 is 5.97 Å². The minimum Gasteiger partial charge on any atom is -0.407 e. The van der Waals surface area contributed by atoms with Crippen molar-refractivity contribution in [2.24, 2.45) is 5.41 Å². The molecule has 0 N–H and O–H groups in total. The summed E-state index contributed by atoms with van der Waals surface area (Å²) in [7, 11) is 1.61. The molecule has 0 radical (unpaired) electrons. The second-order valence-electron chi connectivity index (χ2n) is 7.32. The van der Waals surface area contributed by atoms with Crippen molar-refractivity contribution in [3.8, 4) is 11.6 Å². The number of benzene rings is 1. The van der Waals surface area contributed by atoms with Gasteiger partial charge in [0, 0.05) is 13.2 Å². The number of rotatable bonds is 5. The van der Waals surface area contributed by atoms with Crippen LogP contribution in [0.1, 0.15) is 44.0 Å². The Labute approximate surface area is 143 Å². The van der Waals surface area contributed by atoms with Crippen LogP contribution in [0.5, 0.6) is 5.88 Å². The van der Waals surface area contributed by atoms with Crippen LogP contribution >= 0.6 is 0 Å². The van der Waals surface area contributed by atoms with E-state index in [1.165, 1.54) is 5.56 Å². The molecule has 0 saturated carbocycles. The Kier molecular flexibility index (Phi) is 5.44. The van der Waals surface area contributed by atoms with Crippen LogP contribution in [0.25, 0.3) is 5.69 Å². The number of hydrogen-bond acceptors (Lipinski definition) is 4. The van der Waals surface area contributed by atoms with E-state index in [2.05, 4.69) is 11.2 Å². The molecule has 1 heterocycles. The maximum atomic E-state index is 12.2. The quantitative estimate of drug-likeness (QED) is 0.778. The number of aryl methyl sites for hydroxylation is 2. The zero-order chi connectivity index (χ0) is 17.9. The monoisotopic (exact) mass is 330 g/mol. The minimum atomic E-state index is -0.266. The first-order valence-electron chi connectivity index (χ1n) is 8.06. The molecule has 0 atom stereocenters. The number of esters is 1. The highest BCUT2D eigenvalue weighted by Crippen LogP contribution is 2.25. The van der Waals surface area contributed by atoms with Gasteiger partial charge < -0.3 is 9.47 Å². The third-order valence-corrected chi connectivity index (χ3v) is 3.49. The lowest BCUT2D eigenvalue weighted by atomic mass is 9.92. The zero-order valence-corrected chi connectivity index (χ0v) is 15.3. The summed E-state index contributed by atoms with van der Waals surface area (Å²) in [5.41, 5.74) is 3.72. The van der Waals surface area contributed by atoms with Crippen molar-refractivity contribution < 1.29 is 14.3 Å². The van der Waals surface area contributed by atoms with Gasteiger partial charge in [0.1, 0.15) is 0 Å². The number of hydrogen-bond donors (Lipinski definition) is 0. The third kappa shape index (κ3) is 4.68. The molecule has 0 aliphatic heterocycles. The van der Waals surface area contributed by atoms with Crippen LogP contribution in [0.4, 0.5) is 0 Å². The van der Waals surface area contributed by atoms with E-state index < -0.39 is 0 Å². The first-order valence-corrected chi connectivity index (χ1v) is 8.06. The molecule has 24 heavy (non-hydrogen) atoms. The largest absolute Gasteiger partial charge is 0.407 e. The Morgan fingerprint density at radius 2 is 1.92 bits per heavy atom. The van der Waals surface area contributed by atoms with Crippen molar-refractivity contribution in [1.82, 2.24) is 9.78 Å². The van der Waals surface area contributed by atoms with Gasteiger partial charge in [0.2, 0.25) is 5.88 Å². The molecule has 1 aromatic heterocycles. The second kappa shape index (κ2) is 7.18. The van der Waals surface area contributed by atoms with Gasteiger partial charge in [-0.1, -0.05) is 38.5 Å². The summed E-state index contributed by atoms with van der Waals surface area (Å²) in [6, 6.07) is 7.83. The fourth-order valence-electron chi connectivity index (χ4n) is 2.50. The van der Waals surface area contributed by atoms with Crippen molar-refractivity contribution in [3.63, 3.8) is 0 Å². The van der Waals surface area contributed by atoms with E-state index >= 15 is 0 Å². The van der Waals surface area contributed by atoms with Crippen molar-refractivity contribution in [2.75, 3.05) is 7.11 Å². The standard InChI is InChI=1S/C19H26N2O3/c1-13-7-8-16(14(2)9-13)21-17(10-15(20-21)12-23-6)24-18(22)11-19(3,4)5/h7-10H,11-12H2,1-6H3. The van der Waals surface area contributed by atoms with E-state index in [1.807, 2.05) is 46.8 Å². The van der Waals surface area contributed by atoms with Crippen LogP contribution in [-0.4, -0.2) is 22.9 Å². The van der Waals surface area contributed by atoms with Crippen LogP contribution in [0.3, 0.4) is 0 Å². The van der Waals surface area contributed by atoms with Gasteiger partial charge in [-0.05, 0) is 30.9 Å². The molecule has 0 spiro atoms. The molecule has 0 unspecified atom stereocenters. The Bertz CT molecular complexity index is 727. The number of aromatic nitrogens is 2. The van der Waals surface area contributed by atoms with E-state index in [0.29, 0.717) is 18.9 Å². The van der Waals surface area contributed by atoms with Gasteiger partial charge in [-0.3, -0.25) is 4.79 Å². The van der Waals surface area contributed by atoms with Gasteiger partial charge in [0.25, 0.3) is 0 Å². The maximum absolute atomic E-state index is 12.2. The van der Waals surface area contributed by atoms with Crippen molar-refractivity contribution in [3.05, 3.63) is 41.1 Å². The van der Waals surface area contributed by atoms with Gasteiger partial charge in [-0.25, -0.2) is 4.68 Å². The van der Waals surface area contributed by atoms with Crippen molar-refractivity contribution in [1.29, 1.82) is 0 Å². The summed E-state index contributed by atoms with van der Waals surface area (Å²) in [4.78, 5) is 12.2. The van der Waals surface area contributed by atoms with E-state index in [4.69, 9.17) is 9.47 Å². The maximum Gasteiger partial charge on any atom is 0.313 e. The van der Waals surface area contributed by atoms with Gasteiger partial charge in [-0.2, -0.15) is 5.10 Å². The summed E-state index contributed by atoms with van der Waals surface area (Å²) in [5.74, 6) is 0.153. The molecule has 5 heteroatoms. The van der Waals surface area contributed by atoms with Crippen LogP contribution in [0.15, 0.2) is 24.3 Å². The number of carbonyl (C=O) groups excluding carboxylic acids is 1. The summed E-state index contributed by atoms with van der Waals surface area (Å²) < 4.78 is 12.4. The summed E-state index contributed by atoms with van der Waals surface area (Å²) in [5, 5.41) is 4.52. The predicted molar refractivity (Wildman–Crippen MR) is 93.5 cm³/mol. The van der Waals surface area contributed by atoms with E-state index in [9.17, 15) is 4.79 Å². The first-order chi connectivity index (χ1) is 11.2.